The second kappa shape index (κ2) is 61.7. The zero-order chi connectivity index (χ0) is 65.7. The number of carbonyl (C=O) groups excluding carboxylic acids is 4. The Morgan fingerprint density at radius 1 is 0.371 bits per heavy atom. The number of hydrogen-bond donors (Lipinski definition) is 3. The maximum absolute atomic E-state index is 13.0. The van der Waals surface area contributed by atoms with Gasteiger partial charge in [-0.25, -0.2) is 9.13 Å². The molecule has 0 aliphatic rings. The largest absolute Gasteiger partial charge is 0.472 e. The molecule has 0 radical (unpaired) electrons. The summed E-state index contributed by atoms with van der Waals surface area (Å²) in [5.74, 6) is -0.712. The SMILES string of the molecule is CCCCCC/C=C\C=C/CCCCCCCC(=O)O[C@H](COC(=O)CCCCCCCCCCCCCCC)COP(=O)(O)OC[C@@H](O)COP(=O)(O)OC[C@@H](COC(=O)CCCCCCCCC(C)C)OC(=O)CCCCCCCCCCC(C)CC. The zero-order valence-electron chi connectivity index (χ0n) is 57.2. The van der Waals surface area contributed by atoms with Gasteiger partial charge in [-0.3, -0.25) is 37.3 Å². The molecule has 0 heterocycles. The molecule has 0 fully saturated rings. The van der Waals surface area contributed by atoms with E-state index in [1.807, 2.05) is 0 Å². The summed E-state index contributed by atoms with van der Waals surface area (Å²) in [5, 5.41) is 10.6. The van der Waals surface area contributed by atoms with Crippen LogP contribution < -0.4 is 0 Å². The van der Waals surface area contributed by atoms with Gasteiger partial charge in [-0.15, -0.1) is 0 Å². The fraction of sp³-hybridized carbons (Fsp3) is 0.886. The van der Waals surface area contributed by atoms with Gasteiger partial charge in [-0.1, -0.05) is 278 Å². The molecule has 0 rings (SSSR count). The van der Waals surface area contributed by atoms with E-state index in [1.54, 1.807) is 0 Å². The molecule has 0 aromatic rings. The lowest BCUT2D eigenvalue weighted by Gasteiger charge is -2.21. The van der Waals surface area contributed by atoms with Crippen molar-refractivity contribution in [2.75, 3.05) is 39.6 Å². The lowest BCUT2D eigenvalue weighted by Crippen LogP contribution is -2.30. The minimum atomic E-state index is -4.96. The minimum Gasteiger partial charge on any atom is -0.462 e. The van der Waals surface area contributed by atoms with Crippen LogP contribution in [0.1, 0.15) is 330 Å². The molecule has 524 valence electrons. The van der Waals surface area contributed by atoms with Crippen LogP contribution in [0.2, 0.25) is 0 Å². The molecule has 0 aliphatic carbocycles. The van der Waals surface area contributed by atoms with Crippen LogP contribution in [0.4, 0.5) is 0 Å². The first-order chi connectivity index (χ1) is 42.9. The summed E-state index contributed by atoms with van der Waals surface area (Å²) in [7, 11) is -9.91. The standard InChI is InChI=1S/C70H132O17P2/c1-7-10-12-14-16-18-20-22-23-25-27-29-34-42-48-54-69(74)86-65(58-80-67(72)52-46-40-33-28-26-24-21-19-17-15-13-11-8-2)60-84-88(76,77)82-56-64(71)57-83-89(78,79)85-61-66(59-81-68(73)53-47-41-37-36-38-44-50-62(4)5)87-70(75)55-49-43-35-31-30-32-39-45-51-63(6)9-3/h18,20,22-23,62-66,71H,7-17,19,21,24-61H2,1-6H3,(H,76,77)(H,78,79)/b20-18-,23-22-/t63?,64-,65-,66-/m1/s1. The first-order valence-electron chi connectivity index (χ1n) is 35.8. The summed E-state index contributed by atoms with van der Waals surface area (Å²) in [4.78, 5) is 72.5. The van der Waals surface area contributed by atoms with Crippen molar-refractivity contribution >= 4 is 39.5 Å². The number of ether oxygens (including phenoxy) is 4. The quantitative estimate of drug-likeness (QED) is 0.0169. The van der Waals surface area contributed by atoms with E-state index in [1.165, 1.54) is 128 Å². The number of unbranched alkanes of at least 4 members (excludes halogenated alkanes) is 33. The molecule has 3 N–H and O–H groups in total. The average molecular weight is 1310 g/mol. The summed E-state index contributed by atoms with van der Waals surface area (Å²) < 4.78 is 68.2. The third kappa shape index (κ3) is 62.7. The van der Waals surface area contributed by atoms with Gasteiger partial charge >= 0.3 is 39.5 Å². The highest BCUT2D eigenvalue weighted by Crippen LogP contribution is 2.45. The van der Waals surface area contributed by atoms with Crippen molar-refractivity contribution in [3.63, 3.8) is 0 Å². The van der Waals surface area contributed by atoms with E-state index in [4.69, 9.17) is 37.0 Å². The molecule has 17 nitrogen and oxygen atoms in total. The number of aliphatic hydroxyl groups excluding tert-OH is 1. The Labute approximate surface area is 542 Å². The van der Waals surface area contributed by atoms with E-state index in [9.17, 15) is 43.2 Å². The van der Waals surface area contributed by atoms with Gasteiger partial charge in [0, 0.05) is 25.7 Å². The fourth-order valence-corrected chi connectivity index (χ4v) is 11.6. The Bertz CT molecular complexity index is 1830. The number of aliphatic hydroxyl groups is 1. The number of phosphoric acid groups is 2. The smallest absolute Gasteiger partial charge is 0.462 e. The third-order valence-electron chi connectivity index (χ3n) is 15.9. The van der Waals surface area contributed by atoms with Gasteiger partial charge in [0.25, 0.3) is 0 Å². The van der Waals surface area contributed by atoms with E-state index >= 15 is 0 Å². The molecule has 6 atom stereocenters. The van der Waals surface area contributed by atoms with Gasteiger partial charge < -0.3 is 33.8 Å². The molecule has 0 saturated heterocycles. The van der Waals surface area contributed by atoms with Crippen LogP contribution in [0.25, 0.3) is 0 Å². The molecule has 0 aromatic carbocycles. The Kier molecular flexibility index (Phi) is 60.0. The van der Waals surface area contributed by atoms with Crippen molar-refractivity contribution in [1.29, 1.82) is 0 Å². The van der Waals surface area contributed by atoms with Crippen LogP contribution in [0.15, 0.2) is 24.3 Å². The van der Waals surface area contributed by atoms with Crippen LogP contribution >= 0.6 is 15.6 Å². The Balaban J connectivity index is 5.29. The average Bonchev–Trinajstić information content (AvgIpc) is 3.53. The predicted octanol–water partition coefficient (Wildman–Crippen LogP) is 19.5. The van der Waals surface area contributed by atoms with Crippen molar-refractivity contribution in [2.45, 2.75) is 349 Å². The summed E-state index contributed by atoms with van der Waals surface area (Å²) in [6, 6.07) is 0. The number of allylic oxidation sites excluding steroid dienone is 4. The molecule has 19 heteroatoms. The van der Waals surface area contributed by atoms with Gasteiger partial charge in [0.1, 0.15) is 19.3 Å². The molecular formula is C70H132O17P2. The Hall–Kier alpha value is -2.46. The molecule has 89 heavy (non-hydrogen) atoms. The van der Waals surface area contributed by atoms with Gasteiger partial charge in [0.05, 0.1) is 26.4 Å². The summed E-state index contributed by atoms with van der Waals surface area (Å²) in [6.07, 6.45) is 49.4. The van der Waals surface area contributed by atoms with E-state index in [-0.39, 0.29) is 25.7 Å². The van der Waals surface area contributed by atoms with Gasteiger partial charge in [-0.05, 0) is 63.2 Å². The zero-order valence-corrected chi connectivity index (χ0v) is 59.0. The van der Waals surface area contributed by atoms with Gasteiger partial charge in [-0.2, -0.15) is 0 Å². The highest BCUT2D eigenvalue weighted by atomic mass is 31.2. The number of rotatable bonds is 67. The highest BCUT2D eigenvalue weighted by molar-refractivity contribution is 7.47. The van der Waals surface area contributed by atoms with Crippen LogP contribution in [-0.4, -0.2) is 96.7 Å². The molecule has 0 bridgehead atoms. The molecule has 0 aliphatic heterocycles. The number of hydrogen-bond acceptors (Lipinski definition) is 15. The van der Waals surface area contributed by atoms with Crippen molar-refractivity contribution in [3.8, 4) is 0 Å². The Morgan fingerprint density at radius 3 is 1.01 bits per heavy atom. The second-order valence-electron chi connectivity index (χ2n) is 25.3. The first kappa shape index (κ1) is 86.5. The number of carbonyl (C=O) groups is 4. The summed E-state index contributed by atoms with van der Waals surface area (Å²) >= 11 is 0. The van der Waals surface area contributed by atoms with E-state index in [2.05, 4.69) is 65.8 Å². The molecular weight excluding hydrogens is 1170 g/mol. The molecule has 0 saturated carbocycles. The van der Waals surface area contributed by atoms with Crippen molar-refractivity contribution < 1.29 is 80.2 Å². The van der Waals surface area contributed by atoms with Crippen LogP contribution in [-0.2, 0) is 65.4 Å². The fourth-order valence-electron chi connectivity index (χ4n) is 10.0. The highest BCUT2D eigenvalue weighted by Gasteiger charge is 2.30. The molecule has 3 unspecified atom stereocenters. The normalized spacial score (nSPS) is 14.6. The monoisotopic (exact) mass is 1310 g/mol. The van der Waals surface area contributed by atoms with Gasteiger partial charge in [0.2, 0.25) is 0 Å². The third-order valence-corrected chi connectivity index (χ3v) is 17.8. The van der Waals surface area contributed by atoms with Crippen molar-refractivity contribution in [1.82, 2.24) is 0 Å². The Morgan fingerprint density at radius 2 is 0.663 bits per heavy atom. The summed E-state index contributed by atoms with van der Waals surface area (Å²) in [6.45, 7) is 9.39. The lowest BCUT2D eigenvalue weighted by molar-refractivity contribution is -0.161. The number of esters is 4. The van der Waals surface area contributed by atoms with Crippen molar-refractivity contribution in [2.24, 2.45) is 11.8 Å². The van der Waals surface area contributed by atoms with Crippen LogP contribution in [0.5, 0.6) is 0 Å². The van der Waals surface area contributed by atoms with E-state index < -0.39 is 97.5 Å². The molecule has 0 amide bonds. The van der Waals surface area contributed by atoms with E-state index in [0.29, 0.717) is 31.6 Å². The predicted molar refractivity (Wildman–Crippen MR) is 358 cm³/mol. The second-order valence-corrected chi connectivity index (χ2v) is 28.2. The van der Waals surface area contributed by atoms with Crippen LogP contribution in [0.3, 0.4) is 0 Å². The maximum Gasteiger partial charge on any atom is 0.472 e. The topological polar surface area (TPSA) is 237 Å². The maximum atomic E-state index is 13.0. The molecule has 0 spiro atoms. The lowest BCUT2D eigenvalue weighted by atomic mass is 9.99. The minimum absolute atomic E-state index is 0.0850. The van der Waals surface area contributed by atoms with Crippen LogP contribution in [0, 0.1) is 11.8 Å². The molecule has 0 aromatic heterocycles. The first-order valence-corrected chi connectivity index (χ1v) is 38.8. The number of phosphoric ester groups is 2. The summed E-state index contributed by atoms with van der Waals surface area (Å²) in [5.41, 5.74) is 0. The van der Waals surface area contributed by atoms with Gasteiger partial charge in [0.15, 0.2) is 12.2 Å². The van der Waals surface area contributed by atoms with Crippen molar-refractivity contribution in [3.05, 3.63) is 24.3 Å². The van der Waals surface area contributed by atoms with E-state index in [0.717, 1.165) is 115 Å².